The molecule has 0 spiro atoms. The third-order valence-corrected chi connectivity index (χ3v) is 7.54. The van der Waals surface area contributed by atoms with Crippen molar-refractivity contribution in [3.05, 3.63) is 58.7 Å². The van der Waals surface area contributed by atoms with E-state index in [9.17, 15) is 9.13 Å². The molecule has 192 valence electrons. The molecule has 0 aromatic heterocycles. The van der Waals surface area contributed by atoms with E-state index in [1.54, 1.807) is 12.1 Å². The van der Waals surface area contributed by atoms with E-state index in [0.29, 0.717) is 11.5 Å². The Kier molecular flexibility index (Phi) is 8.65. The van der Waals surface area contributed by atoms with Crippen molar-refractivity contribution >= 4 is 16.5 Å². The lowest BCUT2D eigenvalue weighted by Gasteiger charge is -2.25. The van der Waals surface area contributed by atoms with Gasteiger partial charge in [0.1, 0.15) is 0 Å². The zero-order valence-corrected chi connectivity index (χ0v) is 25.2. The minimum atomic E-state index is -2.71. The first-order valence-electron chi connectivity index (χ1n) is 12.0. The first kappa shape index (κ1) is 29.4. The Morgan fingerprint density at radius 2 is 0.829 bits per heavy atom. The maximum absolute atomic E-state index is 12.7. The number of rotatable bonds is 6. The van der Waals surface area contributed by atoms with Crippen molar-refractivity contribution in [3.63, 3.8) is 0 Å². The van der Waals surface area contributed by atoms with Gasteiger partial charge in [0.15, 0.2) is 15.8 Å². The van der Waals surface area contributed by atoms with Crippen LogP contribution in [0.1, 0.15) is 105 Å². The highest BCUT2D eigenvalue weighted by Gasteiger charge is 2.44. The Balaban J connectivity index is 2.24. The van der Waals surface area contributed by atoms with Gasteiger partial charge < -0.3 is 0 Å². The van der Waals surface area contributed by atoms with Crippen molar-refractivity contribution < 1.29 is 22.5 Å². The highest BCUT2D eigenvalue weighted by atomic mass is 31.2. The molecule has 2 atom stereocenters. The summed E-state index contributed by atoms with van der Waals surface area (Å²) in [7, 11) is -5.43. The topological polar surface area (TPSA) is 61.8 Å². The van der Waals surface area contributed by atoms with Gasteiger partial charge in [-0.15, -0.1) is 0 Å². The summed E-state index contributed by atoms with van der Waals surface area (Å²) in [5.74, 6) is 0.889. The van der Waals surface area contributed by atoms with Crippen LogP contribution in [-0.4, -0.2) is 0 Å². The third kappa shape index (κ3) is 8.10. The van der Waals surface area contributed by atoms with Gasteiger partial charge in [0.2, 0.25) is 0 Å². The molecule has 0 aliphatic carbocycles. The Morgan fingerprint density at radius 3 is 1.09 bits per heavy atom. The molecule has 2 rings (SSSR count). The first-order chi connectivity index (χ1) is 15.7. The highest BCUT2D eigenvalue weighted by molar-refractivity contribution is 7.48. The number of hydrogen-bond acceptors (Lipinski definition) is 5. The smallest absolute Gasteiger partial charge is 0.226 e. The first-order valence-corrected chi connectivity index (χ1v) is 14.2. The van der Waals surface area contributed by atoms with Gasteiger partial charge in [-0.3, -0.25) is 0 Å². The lowest BCUT2D eigenvalue weighted by molar-refractivity contribution is 0.372. The second kappa shape index (κ2) is 10.3. The SMILES string of the molecule is CC(C)(C)c1ccc(O[P+](=O)O[P+](=O)Oc2ccc(C(C)(C)C)cc2C(C)(C)C)c(C(C)(C)C)c1. The van der Waals surface area contributed by atoms with Crippen molar-refractivity contribution in [1.29, 1.82) is 0 Å². The van der Waals surface area contributed by atoms with E-state index in [1.807, 2.05) is 12.1 Å². The van der Waals surface area contributed by atoms with Gasteiger partial charge in [0.05, 0.1) is 0 Å². The van der Waals surface area contributed by atoms with Crippen LogP contribution < -0.4 is 9.05 Å². The maximum Gasteiger partial charge on any atom is 0.801 e. The fraction of sp³-hybridized carbons (Fsp3) is 0.571. The Labute approximate surface area is 213 Å². The molecule has 0 aliphatic heterocycles. The van der Waals surface area contributed by atoms with Gasteiger partial charge >= 0.3 is 16.5 Å². The molecule has 0 N–H and O–H groups in total. The molecule has 0 saturated carbocycles. The molecule has 0 saturated heterocycles. The summed E-state index contributed by atoms with van der Waals surface area (Å²) in [6.45, 7) is 25.2. The maximum atomic E-state index is 12.7. The van der Waals surface area contributed by atoms with Crippen molar-refractivity contribution in [2.24, 2.45) is 0 Å². The summed E-state index contributed by atoms with van der Waals surface area (Å²) >= 11 is 0. The van der Waals surface area contributed by atoms with E-state index in [0.717, 1.165) is 22.3 Å². The summed E-state index contributed by atoms with van der Waals surface area (Å²) in [5.41, 5.74) is 3.52. The van der Waals surface area contributed by atoms with Crippen molar-refractivity contribution in [2.45, 2.75) is 105 Å². The zero-order chi connectivity index (χ0) is 27.0. The average Bonchev–Trinajstić information content (AvgIpc) is 2.64. The summed E-state index contributed by atoms with van der Waals surface area (Å²) in [6.07, 6.45) is 0. The quantitative estimate of drug-likeness (QED) is 0.355. The molecular formula is C28H42O5P2+2. The van der Waals surface area contributed by atoms with Gasteiger partial charge in [0.25, 0.3) is 0 Å². The van der Waals surface area contributed by atoms with Gasteiger partial charge in [-0.1, -0.05) is 107 Å². The molecule has 0 aliphatic rings. The number of hydrogen-bond donors (Lipinski definition) is 0. The van der Waals surface area contributed by atoms with Crippen molar-refractivity contribution in [2.75, 3.05) is 0 Å². The van der Waals surface area contributed by atoms with E-state index in [2.05, 4.69) is 95.2 Å². The van der Waals surface area contributed by atoms with Gasteiger partial charge in [0, 0.05) is 20.3 Å². The van der Waals surface area contributed by atoms with Gasteiger partial charge in [-0.05, 0) is 44.9 Å². The van der Waals surface area contributed by atoms with Gasteiger partial charge in [-0.2, -0.15) is 0 Å². The summed E-state index contributed by atoms with van der Waals surface area (Å²) in [5, 5.41) is 0. The minimum absolute atomic E-state index is 0.0400. The molecule has 0 heterocycles. The van der Waals surface area contributed by atoms with Crippen LogP contribution in [0.25, 0.3) is 0 Å². The standard InChI is InChI=1S/C28H42O5P2/c1-25(2,3)19-13-15-23(21(17-19)27(7,8)9)31-34(29)33-35(30)32-24-16-14-20(26(4,5)6)18-22(24)28(10,11)12/h13-18H,1-12H3/q+2. The van der Waals surface area contributed by atoms with Crippen molar-refractivity contribution in [3.8, 4) is 11.5 Å². The molecule has 7 heteroatoms. The van der Waals surface area contributed by atoms with Crippen LogP contribution in [-0.2, 0) is 35.1 Å². The third-order valence-electron chi connectivity index (χ3n) is 5.79. The fourth-order valence-electron chi connectivity index (χ4n) is 3.57. The fourth-order valence-corrected chi connectivity index (χ4v) is 4.91. The van der Waals surface area contributed by atoms with Gasteiger partial charge in [-0.25, -0.2) is 9.05 Å². The number of benzene rings is 2. The second-order valence-corrected chi connectivity index (χ2v) is 15.0. The summed E-state index contributed by atoms with van der Waals surface area (Å²) in [6, 6.07) is 11.7. The molecule has 0 fully saturated rings. The van der Waals surface area contributed by atoms with E-state index in [4.69, 9.17) is 13.4 Å². The molecule has 0 amide bonds. The zero-order valence-electron chi connectivity index (χ0n) is 23.4. The molecule has 0 radical (unpaired) electrons. The van der Waals surface area contributed by atoms with Crippen LogP contribution in [0.5, 0.6) is 11.5 Å². The van der Waals surface area contributed by atoms with Crippen LogP contribution in [0.2, 0.25) is 0 Å². The molecule has 5 nitrogen and oxygen atoms in total. The molecule has 2 aromatic carbocycles. The monoisotopic (exact) mass is 520 g/mol. The molecule has 35 heavy (non-hydrogen) atoms. The van der Waals surface area contributed by atoms with Crippen molar-refractivity contribution in [1.82, 2.24) is 0 Å². The Bertz CT molecular complexity index is 1010. The second-order valence-electron chi connectivity index (χ2n) is 13.1. The predicted octanol–water partition coefficient (Wildman–Crippen LogP) is 9.67. The Hall–Kier alpha value is -1.80. The van der Waals surface area contributed by atoms with E-state index >= 15 is 0 Å². The van der Waals surface area contributed by atoms with Crippen LogP contribution in [0.15, 0.2) is 36.4 Å². The largest absolute Gasteiger partial charge is 0.801 e. The average molecular weight is 521 g/mol. The Morgan fingerprint density at radius 1 is 0.514 bits per heavy atom. The van der Waals surface area contributed by atoms with E-state index in [-0.39, 0.29) is 21.7 Å². The van der Waals surface area contributed by atoms with Crippen LogP contribution in [0.4, 0.5) is 0 Å². The predicted molar refractivity (Wildman–Crippen MR) is 145 cm³/mol. The molecular weight excluding hydrogens is 478 g/mol. The molecule has 2 aromatic rings. The van der Waals surface area contributed by atoms with Crippen LogP contribution >= 0.6 is 16.5 Å². The molecule has 2 unspecified atom stereocenters. The lowest BCUT2D eigenvalue weighted by Crippen LogP contribution is -2.17. The van der Waals surface area contributed by atoms with Crippen LogP contribution in [0.3, 0.4) is 0 Å². The minimum Gasteiger partial charge on any atom is -0.226 e. The van der Waals surface area contributed by atoms with Crippen LogP contribution in [0, 0.1) is 0 Å². The highest BCUT2D eigenvalue weighted by Crippen LogP contribution is 2.46. The summed E-state index contributed by atoms with van der Waals surface area (Å²) < 4.78 is 41.8. The van der Waals surface area contributed by atoms with E-state index in [1.165, 1.54) is 0 Å². The lowest BCUT2D eigenvalue weighted by atomic mass is 9.80. The molecule has 0 bridgehead atoms. The van der Waals surface area contributed by atoms with E-state index < -0.39 is 16.5 Å². The normalized spacial score (nSPS) is 13.9. The summed E-state index contributed by atoms with van der Waals surface area (Å²) in [4.78, 5) is 0.